The predicted molar refractivity (Wildman–Crippen MR) is 67.4 cm³/mol. The van der Waals surface area contributed by atoms with Gasteiger partial charge in [-0.1, -0.05) is 27.2 Å². The van der Waals surface area contributed by atoms with Gasteiger partial charge in [-0.15, -0.1) is 0 Å². The lowest BCUT2D eigenvalue weighted by Crippen LogP contribution is -2.21. The molecule has 0 aromatic rings. The van der Waals surface area contributed by atoms with Gasteiger partial charge in [-0.05, 0) is 38.8 Å². The lowest BCUT2D eigenvalue weighted by Gasteiger charge is -2.11. The smallest absolute Gasteiger partial charge is 0.308 e. The Kier molecular flexibility index (Phi) is 10.5. The number of nitrogens with one attached hydrogen (secondary N) is 1. The fraction of sp³-hybridized carbons (Fsp3) is 0.923. The predicted octanol–water partition coefficient (Wildman–Crippen LogP) is 2.75. The van der Waals surface area contributed by atoms with Gasteiger partial charge >= 0.3 is 5.97 Å². The maximum atomic E-state index is 11.5. The zero-order valence-corrected chi connectivity index (χ0v) is 11.1. The third-order valence-corrected chi connectivity index (χ3v) is 2.77. The molecule has 0 amide bonds. The summed E-state index contributed by atoms with van der Waals surface area (Å²) >= 11 is 0. The Balaban J connectivity index is 3.33. The molecule has 3 heteroatoms. The van der Waals surface area contributed by atoms with Crippen molar-refractivity contribution < 1.29 is 9.53 Å². The van der Waals surface area contributed by atoms with E-state index >= 15 is 0 Å². The first-order valence-corrected chi connectivity index (χ1v) is 6.63. The van der Waals surface area contributed by atoms with Crippen molar-refractivity contribution in [1.29, 1.82) is 0 Å². The Labute approximate surface area is 99.9 Å². The molecule has 0 radical (unpaired) electrons. The van der Waals surface area contributed by atoms with Crippen molar-refractivity contribution in [2.24, 2.45) is 5.92 Å². The second kappa shape index (κ2) is 10.9. The van der Waals surface area contributed by atoms with Crippen molar-refractivity contribution in [3.8, 4) is 0 Å². The van der Waals surface area contributed by atoms with Gasteiger partial charge in [0, 0.05) is 0 Å². The lowest BCUT2D eigenvalue weighted by atomic mass is 10.0. The van der Waals surface area contributed by atoms with Crippen LogP contribution in [0.1, 0.15) is 52.9 Å². The lowest BCUT2D eigenvalue weighted by molar-refractivity contribution is -0.148. The van der Waals surface area contributed by atoms with E-state index in [2.05, 4.69) is 12.2 Å². The molecule has 0 saturated heterocycles. The zero-order valence-electron chi connectivity index (χ0n) is 11.1. The van der Waals surface area contributed by atoms with Crippen molar-refractivity contribution in [1.82, 2.24) is 5.32 Å². The number of rotatable bonds is 10. The first-order chi connectivity index (χ1) is 7.76. The molecular weight excluding hydrogens is 202 g/mol. The van der Waals surface area contributed by atoms with Gasteiger partial charge in [-0.25, -0.2) is 0 Å². The molecule has 0 aliphatic rings. The van der Waals surface area contributed by atoms with Crippen molar-refractivity contribution in [3.05, 3.63) is 0 Å². The van der Waals surface area contributed by atoms with Gasteiger partial charge in [0.15, 0.2) is 0 Å². The van der Waals surface area contributed by atoms with Crippen molar-refractivity contribution >= 4 is 5.97 Å². The number of ether oxygens (including phenoxy) is 1. The monoisotopic (exact) mass is 229 g/mol. The average Bonchev–Trinajstić information content (AvgIpc) is 2.29. The van der Waals surface area contributed by atoms with Crippen LogP contribution >= 0.6 is 0 Å². The number of hydrogen-bond acceptors (Lipinski definition) is 3. The highest BCUT2D eigenvalue weighted by atomic mass is 16.5. The van der Waals surface area contributed by atoms with E-state index < -0.39 is 0 Å². The van der Waals surface area contributed by atoms with Crippen molar-refractivity contribution in [3.63, 3.8) is 0 Å². The van der Waals surface area contributed by atoms with E-state index in [1.165, 1.54) is 12.8 Å². The van der Waals surface area contributed by atoms with Crippen LogP contribution in [0.25, 0.3) is 0 Å². The van der Waals surface area contributed by atoms with Gasteiger partial charge in [0.25, 0.3) is 0 Å². The Morgan fingerprint density at radius 3 is 2.31 bits per heavy atom. The van der Waals surface area contributed by atoms with Crippen molar-refractivity contribution in [2.75, 3.05) is 19.7 Å². The van der Waals surface area contributed by atoms with Crippen LogP contribution < -0.4 is 5.32 Å². The highest BCUT2D eigenvalue weighted by molar-refractivity contribution is 5.72. The van der Waals surface area contributed by atoms with Gasteiger partial charge in [-0.2, -0.15) is 0 Å². The topological polar surface area (TPSA) is 38.3 Å². The van der Waals surface area contributed by atoms with Crippen LogP contribution in [0.15, 0.2) is 0 Å². The summed E-state index contributed by atoms with van der Waals surface area (Å²) in [5.74, 6) is 0.0617. The maximum Gasteiger partial charge on any atom is 0.308 e. The van der Waals surface area contributed by atoms with E-state index in [9.17, 15) is 4.79 Å². The molecular formula is C13H27NO2. The van der Waals surface area contributed by atoms with Crippen LogP contribution in [-0.4, -0.2) is 25.7 Å². The molecule has 0 unspecified atom stereocenters. The quantitative estimate of drug-likeness (QED) is 0.462. The molecule has 1 N–H and O–H groups in total. The molecule has 0 bridgehead atoms. The highest BCUT2D eigenvalue weighted by Gasteiger charge is 2.14. The molecule has 0 rings (SSSR count). The third kappa shape index (κ3) is 7.69. The Morgan fingerprint density at radius 1 is 1.12 bits per heavy atom. The SMILES string of the molecule is CCCCNCCCOC(=O)C(CC)CC. The summed E-state index contributed by atoms with van der Waals surface area (Å²) in [5, 5.41) is 3.33. The van der Waals surface area contributed by atoms with Gasteiger partial charge < -0.3 is 10.1 Å². The van der Waals surface area contributed by atoms with Crippen LogP contribution in [0, 0.1) is 5.92 Å². The minimum atomic E-state index is -0.0291. The van der Waals surface area contributed by atoms with E-state index in [4.69, 9.17) is 4.74 Å². The van der Waals surface area contributed by atoms with E-state index in [1.54, 1.807) is 0 Å². The van der Waals surface area contributed by atoms with E-state index in [0.29, 0.717) is 6.61 Å². The van der Waals surface area contributed by atoms with Crippen LogP contribution in [0.5, 0.6) is 0 Å². The molecule has 0 heterocycles. The molecule has 0 aromatic carbocycles. The molecule has 0 aliphatic carbocycles. The first-order valence-electron chi connectivity index (χ1n) is 6.63. The summed E-state index contributed by atoms with van der Waals surface area (Å²) in [6.07, 6.45) is 5.11. The number of esters is 1. The van der Waals surface area contributed by atoms with Gasteiger partial charge in [0.1, 0.15) is 0 Å². The number of hydrogen-bond donors (Lipinski definition) is 1. The minimum Gasteiger partial charge on any atom is -0.465 e. The van der Waals surface area contributed by atoms with Crippen molar-refractivity contribution in [2.45, 2.75) is 52.9 Å². The van der Waals surface area contributed by atoms with E-state index in [1.807, 2.05) is 13.8 Å². The molecule has 3 nitrogen and oxygen atoms in total. The van der Waals surface area contributed by atoms with Gasteiger partial charge in [0.2, 0.25) is 0 Å². The molecule has 16 heavy (non-hydrogen) atoms. The molecule has 0 saturated carbocycles. The van der Waals surface area contributed by atoms with Gasteiger partial charge in [-0.3, -0.25) is 4.79 Å². The summed E-state index contributed by atoms with van der Waals surface area (Å²) in [4.78, 5) is 11.5. The number of carbonyl (C=O) groups is 1. The summed E-state index contributed by atoms with van der Waals surface area (Å²) in [7, 11) is 0. The number of carbonyl (C=O) groups excluding carboxylic acids is 1. The highest BCUT2D eigenvalue weighted by Crippen LogP contribution is 2.09. The van der Waals surface area contributed by atoms with E-state index in [0.717, 1.165) is 32.4 Å². The molecule has 0 atom stereocenters. The average molecular weight is 229 g/mol. The summed E-state index contributed by atoms with van der Waals surface area (Å²) in [5.41, 5.74) is 0. The van der Waals surface area contributed by atoms with Crippen LogP contribution in [0.2, 0.25) is 0 Å². The Hall–Kier alpha value is -0.570. The first kappa shape index (κ1) is 15.4. The summed E-state index contributed by atoms with van der Waals surface area (Å²) in [6.45, 7) is 8.80. The second-order valence-corrected chi connectivity index (χ2v) is 4.14. The second-order valence-electron chi connectivity index (χ2n) is 4.14. The molecule has 0 aromatic heterocycles. The fourth-order valence-corrected chi connectivity index (χ4v) is 1.54. The van der Waals surface area contributed by atoms with Crippen LogP contribution in [0.4, 0.5) is 0 Å². The number of unbranched alkanes of at least 4 members (excludes halogenated alkanes) is 1. The largest absolute Gasteiger partial charge is 0.465 e. The standard InChI is InChI=1S/C13H27NO2/c1-4-7-9-14-10-8-11-16-13(15)12(5-2)6-3/h12,14H,4-11H2,1-3H3. The molecule has 96 valence electrons. The Bertz CT molecular complexity index is 167. The molecule has 0 aliphatic heterocycles. The van der Waals surface area contributed by atoms with Crippen LogP contribution in [-0.2, 0) is 9.53 Å². The van der Waals surface area contributed by atoms with Gasteiger partial charge in [0.05, 0.1) is 12.5 Å². The fourth-order valence-electron chi connectivity index (χ4n) is 1.54. The Morgan fingerprint density at radius 2 is 1.75 bits per heavy atom. The zero-order chi connectivity index (χ0) is 12.2. The minimum absolute atomic E-state index is 0.0291. The maximum absolute atomic E-state index is 11.5. The van der Waals surface area contributed by atoms with E-state index in [-0.39, 0.29) is 11.9 Å². The summed E-state index contributed by atoms with van der Waals surface area (Å²) in [6, 6.07) is 0. The molecule has 0 fully saturated rings. The summed E-state index contributed by atoms with van der Waals surface area (Å²) < 4.78 is 5.21. The molecule has 0 spiro atoms. The van der Waals surface area contributed by atoms with Crippen LogP contribution in [0.3, 0.4) is 0 Å². The third-order valence-electron chi connectivity index (χ3n) is 2.77. The normalized spacial score (nSPS) is 10.8.